The summed E-state index contributed by atoms with van der Waals surface area (Å²) in [4.78, 5) is 12.4. The fourth-order valence-electron chi connectivity index (χ4n) is 8.77. The molecule has 4 nitrogen and oxygen atoms in total. The highest BCUT2D eigenvalue weighted by Crippen LogP contribution is 2.17. The third-order valence-electron chi connectivity index (χ3n) is 13.2. The maximum Gasteiger partial charge on any atom is 0.220 e. The number of hydrogen-bond acceptors (Lipinski definition) is 3. The largest absolute Gasteiger partial charge is 0.394 e. The minimum atomic E-state index is -0.871. The molecule has 1 amide bonds. The Morgan fingerprint density at radius 1 is 0.369 bits per heavy atom. The molecule has 0 aromatic carbocycles. The first-order valence-electron chi connectivity index (χ1n) is 29.0. The molecule has 0 fully saturated rings. The van der Waals surface area contributed by atoms with Crippen molar-refractivity contribution < 1.29 is 15.0 Å². The molecule has 0 rings (SSSR count). The van der Waals surface area contributed by atoms with Crippen molar-refractivity contribution in [3.8, 4) is 0 Å². The number of hydrogen-bond donors (Lipinski definition) is 3. The van der Waals surface area contributed by atoms with Gasteiger partial charge in [0.15, 0.2) is 0 Å². The maximum absolute atomic E-state index is 12.4. The Morgan fingerprint density at radius 3 is 1.00 bits per heavy atom. The van der Waals surface area contributed by atoms with Gasteiger partial charge in [-0.2, -0.15) is 0 Å². The van der Waals surface area contributed by atoms with Crippen molar-refractivity contribution in [2.24, 2.45) is 0 Å². The van der Waals surface area contributed by atoms with E-state index in [-0.39, 0.29) is 12.5 Å². The molecule has 3 N–H and O–H groups in total. The summed E-state index contributed by atoms with van der Waals surface area (Å²) in [6, 6.07) is -0.646. The van der Waals surface area contributed by atoms with Gasteiger partial charge in [0.2, 0.25) is 5.91 Å². The van der Waals surface area contributed by atoms with E-state index in [1.165, 1.54) is 238 Å². The fourth-order valence-corrected chi connectivity index (χ4v) is 8.77. The summed E-state index contributed by atoms with van der Waals surface area (Å²) in [7, 11) is 0. The van der Waals surface area contributed by atoms with E-state index in [0.717, 1.165) is 44.9 Å². The van der Waals surface area contributed by atoms with Crippen LogP contribution in [-0.4, -0.2) is 34.9 Å². The Bertz CT molecular complexity index is 1070. The molecule has 65 heavy (non-hydrogen) atoms. The van der Waals surface area contributed by atoms with Gasteiger partial charge in [-0.3, -0.25) is 4.79 Å². The van der Waals surface area contributed by atoms with Crippen LogP contribution >= 0.6 is 0 Å². The second-order valence-corrected chi connectivity index (χ2v) is 19.7. The van der Waals surface area contributed by atoms with E-state index in [1.807, 2.05) is 6.08 Å². The lowest BCUT2D eigenvalue weighted by atomic mass is 10.0. The molecular weight excluding hydrogens is 795 g/mol. The lowest BCUT2D eigenvalue weighted by molar-refractivity contribution is -0.123. The van der Waals surface area contributed by atoms with Crippen LogP contribution in [0.15, 0.2) is 60.8 Å². The van der Waals surface area contributed by atoms with E-state index in [9.17, 15) is 15.0 Å². The van der Waals surface area contributed by atoms with Crippen LogP contribution in [0.5, 0.6) is 0 Å². The SMILES string of the molecule is CCCCCC/C=C/CC/C=C/CC/C=C/C(O)C(CO)NC(=O)CCCCCCCCCCCCCCCCCCC/C=C\C/C=C\CCCCCCCCCCCCCCCCC. The summed E-state index contributed by atoms with van der Waals surface area (Å²) in [5.74, 6) is -0.0770. The van der Waals surface area contributed by atoms with Crippen molar-refractivity contribution in [3.63, 3.8) is 0 Å². The Hall–Kier alpha value is -1.91. The molecule has 0 aliphatic heterocycles. The third kappa shape index (κ3) is 52.9. The third-order valence-corrected chi connectivity index (χ3v) is 13.2. The monoisotopic (exact) mass is 908 g/mol. The Labute approximate surface area is 406 Å². The molecule has 0 saturated heterocycles. The first-order chi connectivity index (χ1) is 32.2. The molecule has 0 saturated carbocycles. The zero-order valence-corrected chi connectivity index (χ0v) is 43.8. The molecule has 0 radical (unpaired) electrons. The quantitative estimate of drug-likeness (QED) is 0.0421. The number of amides is 1. The number of aliphatic hydroxyl groups is 2. The van der Waals surface area contributed by atoms with E-state index < -0.39 is 12.1 Å². The minimum Gasteiger partial charge on any atom is -0.394 e. The summed E-state index contributed by atoms with van der Waals surface area (Å²) in [5, 5.41) is 23.0. The van der Waals surface area contributed by atoms with Crippen LogP contribution in [0.25, 0.3) is 0 Å². The van der Waals surface area contributed by atoms with Gasteiger partial charge in [0, 0.05) is 6.42 Å². The second kappa shape index (κ2) is 56.4. The van der Waals surface area contributed by atoms with Crippen LogP contribution in [0, 0.1) is 0 Å². The molecule has 380 valence electrons. The van der Waals surface area contributed by atoms with Gasteiger partial charge in [-0.25, -0.2) is 0 Å². The molecule has 0 heterocycles. The van der Waals surface area contributed by atoms with Crippen molar-refractivity contribution in [1.82, 2.24) is 5.32 Å². The van der Waals surface area contributed by atoms with Crippen molar-refractivity contribution in [3.05, 3.63) is 60.8 Å². The predicted molar refractivity (Wildman–Crippen MR) is 290 cm³/mol. The number of carbonyl (C=O) groups is 1. The maximum atomic E-state index is 12.4. The van der Waals surface area contributed by atoms with Crippen LogP contribution < -0.4 is 5.32 Å². The topological polar surface area (TPSA) is 69.6 Å². The molecule has 0 aromatic rings. The highest BCUT2D eigenvalue weighted by molar-refractivity contribution is 5.76. The molecular formula is C61H113NO3. The van der Waals surface area contributed by atoms with Gasteiger partial charge in [-0.15, -0.1) is 0 Å². The Balaban J connectivity index is 3.44. The van der Waals surface area contributed by atoms with Crippen molar-refractivity contribution in [2.75, 3.05) is 6.61 Å². The predicted octanol–water partition coefficient (Wildman–Crippen LogP) is 19.2. The zero-order chi connectivity index (χ0) is 47.0. The van der Waals surface area contributed by atoms with E-state index in [4.69, 9.17) is 0 Å². The molecule has 4 heteroatoms. The summed E-state index contributed by atoms with van der Waals surface area (Å²) < 4.78 is 0. The number of allylic oxidation sites excluding steroid dienone is 9. The number of carbonyl (C=O) groups excluding carboxylic acids is 1. The first-order valence-corrected chi connectivity index (χ1v) is 29.0. The summed E-state index contributed by atoms with van der Waals surface area (Å²) >= 11 is 0. The van der Waals surface area contributed by atoms with Crippen LogP contribution in [0.3, 0.4) is 0 Å². The zero-order valence-electron chi connectivity index (χ0n) is 43.8. The smallest absolute Gasteiger partial charge is 0.220 e. The first kappa shape index (κ1) is 63.1. The molecule has 0 aromatic heterocycles. The van der Waals surface area contributed by atoms with Gasteiger partial charge in [-0.1, -0.05) is 280 Å². The van der Waals surface area contributed by atoms with Crippen LogP contribution in [0.4, 0.5) is 0 Å². The normalized spacial score (nSPS) is 13.2. The number of aliphatic hydroxyl groups excluding tert-OH is 2. The highest BCUT2D eigenvalue weighted by atomic mass is 16.3. The van der Waals surface area contributed by atoms with Gasteiger partial charge in [-0.05, 0) is 77.0 Å². The summed E-state index contributed by atoms with van der Waals surface area (Å²) in [5.41, 5.74) is 0. The van der Waals surface area contributed by atoms with Crippen molar-refractivity contribution in [1.29, 1.82) is 0 Å². The molecule has 2 atom stereocenters. The van der Waals surface area contributed by atoms with E-state index in [0.29, 0.717) is 6.42 Å². The van der Waals surface area contributed by atoms with Crippen LogP contribution in [0.2, 0.25) is 0 Å². The van der Waals surface area contributed by atoms with Gasteiger partial charge in [0.25, 0.3) is 0 Å². The number of nitrogens with one attached hydrogen (secondary N) is 1. The average Bonchev–Trinajstić information content (AvgIpc) is 3.31. The summed E-state index contributed by atoms with van der Waals surface area (Å²) in [6.07, 6.45) is 79.8. The second-order valence-electron chi connectivity index (χ2n) is 19.7. The van der Waals surface area contributed by atoms with E-state index >= 15 is 0 Å². The van der Waals surface area contributed by atoms with Gasteiger partial charge in [0.05, 0.1) is 18.8 Å². The highest BCUT2D eigenvalue weighted by Gasteiger charge is 2.18. The molecule has 0 spiro atoms. The molecule has 0 bridgehead atoms. The molecule has 0 aliphatic rings. The fraction of sp³-hybridized carbons (Fsp3) is 0.820. The molecule has 2 unspecified atom stereocenters. The van der Waals surface area contributed by atoms with E-state index in [2.05, 4.69) is 67.8 Å². The van der Waals surface area contributed by atoms with Gasteiger partial charge >= 0.3 is 0 Å². The van der Waals surface area contributed by atoms with E-state index in [1.54, 1.807) is 6.08 Å². The van der Waals surface area contributed by atoms with Crippen LogP contribution in [0.1, 0.15) is 303 Å². The lowest BCUT2D eigenvalue weighted by Gasteiger charge is -2.19. The summed E-state index contributed by atoms with van der Waals surface area (Å²) in [6.45, 7) is 4.29. The standard InChI is InChI=1S/C61H113NO3/c1-3-5-7-9-11-13-15-17-19-20-21-22-23-24-25-26-27-28-29-30-31-32-33-34-35-36-37-38-39-40-41-42-43-45-47-49-51-53-55-57-61(65)62-59(58-63)60(64)56-54-52-50-48-46-44-18-16-14-12-10-8-6-4-2/h14,16,27-28,30-31,46,48,54,56,59-60,63-64H,3-13,15,17-26,29,32-45,47,49-53,55,57-58H2,1-2H3,(H,62,65)/b16-14+,28-27-,31-30-,48-46+,56-54+. The average molecular weight is 909 g/mol. The van der Waals surface area contributed by atoms with Gasteiger partial charge in [0.1, 0.15) is 0 Å². The lowest BCUT2D eigenvalue weighted by Crippen LogP contribution is -2.45. The molecule has 0 aliphatic carbocycles. The van der Waals surface area contributed by atoms with Crippen LogP contribution in [-0.2, 0) is 4.79 Å². The van der Waals surface area contributed by atoms with Crippen molar-refractivity contribution >= 4 is 5.91 Å². The minimum absolute atomic E-state index is 0.0770. The number of rotatable bonds is 53. The van der Waals surface area contributed by atoms with Crippen molar-refractivity contribution in [2.45, 2.75) is 315 Å². The Morgan fingerprint density at radius 2 is 0.646 bits per heavy atom. The Kier molecular flexibility index (Phi) is 54.8. The number of unbranched alkanes of at least 4 members (excludes halogenated alkanes) is 38. The van der Waals surface area contributed by atoms with Gasteiger partial charge < -0.3 is 15.5 Å².